The van der Waals surface area contributed by atoms with Gasteiger partial charge < -0.3 is 20.1 Å². The van der Waals surface area contributed by atoms with Crippen molar-refractivity contribution in [3.05, 3.63) is 69.7 Å². The molecule has 1 fully saturated rings. The van der Waals surface area contributed by atoms with Crippen LogP contribution in [0.3, 0.4) is 0 Å². The summed E-state index contributed by atoms with van der Waals surface area (Å²) in [7, 11) is 0. The number of halogens is 3. The van der Waals surface area contributed by atoms with Gasteiger partial charge in [0.25, 0.3) is 0 Å². The third-order valence-electron chi connectivity index (χ3n) is 4.86. The minimum Gasteiger partial charge on any atom is -0.387 e. The summed E-state index contributed by atoms with van der Waals surface area (Å²) in [6, 6.07) is 12.7. The summed E-state index contributed by atoms with van der Waals surface area (Å²) in [6.45, 7) is 2.07. The van der Waals surface area contributed by atoms with Gasteiger partial charge >= 0.3 is 5.92 Å². The van der Waals surface area contributed by atoms with E-state index < -0.39 is 30.5 Å². The van der Waals surface area contributed by atoms with E-state index in [1.54, 1.807) is 12.1 Å². The minimum atomic E-state index is -3.95. The van der Waals surface area contributed by atoms with E-state index in [0.29, 0.717) is 17.0 Å². The summed E-state index contributed by atoms with van der Waals surface area (Å²) in [5, 5.41) is 29.7. The van der Waals surface area contributed by atoms with Gasteiger partial charge in [-0.3, -0.25) is 0 Å². The molecule has 1 saturated heterocycles. The first-order chi connectivity index (χ1) is 12.7. The lowest BCUT2D eigenvalue weighted by Crippen LogP contribution is -2.58. The molecule has 1 heterocycles. The van der Waals surface area contributed by atoms with Crippen molar-refractivity contribution in [2.24, 2.45) is 0 Å². The van der Waals surface area contributed by atoms with E-state index in [0.717, 1.165) is 17.5 Å². The van der Waals surface area contributed by atoms with E-state index >= 15 is 0 Å². The van der Waals surface area contributed by atoms with Crippen molar-refractivity contribution >= 4 is 11.6 Å². The molecule has 2 aromatic carbocycles. The molecule has 2 aromatic rings. The molecule has 0 saturated carbocycles. The maximum absolute atomic E-state index is 13.6. The lowest BCUT2D eigenvalue weighted by atomic mass is 9.91. The number of hydrogen-bond donors (Lipinski definition) is 3. The molecule has 0 bridgehead atoms. The monoisotopic (exact) mass is 398 g/mol. The number of aryl methyl sites for hydroxylation is 1. The van der Waals surface area contributed by atoms with Crippen LogP contribution in [0, 0.1) is 0 Å². The first kappa shape index (κ1) is 20.2. The Balaban J connectivity index is 1.86. The minimum absolute atomic E-state index is 0.348. The van der Waals surface area contributed by atoms with Gasteiger partial charge in [-0.2, -0.15) is 8.78 Å². The van der Waals surface area contributed by atoms with Gasteiger partial charge in [-0.15, -0.1) is 0 Å². The van der Waals surface area contributed by atoms with Crippen LogP contribution >= 0.6 is 11.6 Å². The van der Waals surface area contributed by atoms with Crippen molar-refractivity contribution in [3.63, 3.8) is 0 Å². The number of hydrogen-bond acceptors (Lipinski definition) is 4. The van der Waals surface area contributed by atoms with Gasteiger partial charge in [0.2, 0.25) is 6.29 Å². The molecule has 4 nitrogen and oxygen atoms in total. The Morgan fingerprint density at radius 2 is 1.67 bits per heavy atom. The largest absolute Gasteiger partial charge is 0.387 e. The van der Waals surface area contributed by atoms with Gasteiger partial charge in [-0.1, -0.05) is 54.9 Å². The molecule has 3 N–H and O–H groups in total. The van der Waals surface area contributed by atoms with Crippen LogP contribution in [0.1, 0.15) is 35.3 Å². The predicted octanol–water partition coefficient (Wildman–Crippen LogP) is 3.24. The van der Waals surface area contributed by atoms with E-state index in [1.165, 1.54) is 11.6 Å². The standard InChI is InChI=1S/C20H21ClF2O4/c1-2-11-3-5-12(6-4-11)9-14-10-13(7-8-15(14)21)17-16(24)18(25)20(22,23)19(26)27-17/h3-8,10,16-19,24-26H,2,9H2,1H3/t16-,17-,18+,19-/m0/s1. The Labute approximate surface area is 161 Å². The molecule has 0 aliphatic carbocycles. The maximum Gasteiger partial charge on any atom is 0.325 e. The van der Waals surface area contributed by atoms with Crippen molar-refractivity contribution < 1.29 is 28.8 Å². The number of aliphatic hydroxyl groups excluding tert-OH is 3. The lowest BCUT2D eigenvalue weighted by Gasteiger charge is -2.40. The molecule has 3 rings (SSSR count). The highest BCUT2D eigenvalue weighted by Crippen LogP contribution is 2.40. The molecule has 0 radical (unpaired) electrons. The van der Waals surface area contributed by atoms with Crippen LogP contribution in [0.2, 0.25) is 5.02 Å². The van der Waals surface area contributed by atoms with E-state index in [2.05, 4.69) is 6.92 Å². The first-order valence-corrected chi connectivity index (χ1v) is 9.05. The summed E-state index contributed by atoms with van der Waals surface area (Å²) in [5.74, 6) is -3.95. The molecule has 0 aromatic heterocycles. The van der Waals surface area contributed by atoms with E-state index in [1.807, 2.05) is 24.3 Å². The van der Waals surface area contributed by atoms with Gasteiger partial charge in [0.15, 0.2) is 6.10 Å². The molecule has 1 aliphatic heterocycles. The molecule has 146 valence electrons. The zero-order chi connectivity index (χ0) is 19.8. The predicted molar refractivity (Wildman–Crippen MR) is 96.9 cm³/mol. The Bertz CT molecular complexity index is 797. The van der Waals surface area contributed by atoms with Crippen LogP contribution in [0.15, 0.2) is 42.5 Å². The smallest absolute Gasteiger partial charge is 0.325 e. The van der Waals surface area contributed by atoms with E-state index in [4.69, 9.17) is 16.3 Å². The number of aliphatic hydroxyl groups is 3. The summed E-state index contributed by atoms with van der Waals surface area (Å²) in [5.41, 5.74) is 3.29. The fourth-order valence-corrected chi connectivity index (χ4v) is 3.33. The van der Waals surface area contributed by atoms with Crippen LogP contribution in [-0.2, 0) is 17.6 Å². The van der Waals surface area contributed by atoms with E-state index in [-0.39, 0.29) is 0 Å². The Morgan fingerprint density at radius 1 is 1.04 bits per heavy atom. The van der Waals surface area contributed by atoms with Crippen molar-refractivity contribution in [1.29, 1.82) is 0 Å². The van der Waals surface area contributed by atoms with Crippen LogP contribution in [0.5, 0.6) is 0 Å². The summed E-state index contributed by atoms with van der Waals surface area (Å²) in [6.07, 6.45) is -6.70. The van der Waals surface area contributed by atoms with Crippen LogP contribution in [0.25, 0.3) is 0 Å². The fraction of sp³-hybridized carbons (Fsp3) is 0.400. The Kier molecular flexibility index (Phi) is 5.84. The molecule has 0 spiro atoms. The van der Waals surface area contributed by atoms with Gasteiger partial charge in [0.05, 0.1) is 0 Å². The maximum atomic E-state index is 13.6. The molecule has 4 atom stereocenters. The van der Waals surface area contributed by atoms with Gasteiger partial charge in [0.1, 0.15) is 12.2 Å². The highest BCUT2D eigenvalue weighted by molar-refractivity contribution is 6.31. The normalized spacial score (nSPS) is 27.5. The molecule has 0 unspecified atom stereocenters. The van der Waals surface area contributed by atoms with Crippen LogP contribution in [-0.4, -0.2) is 39.7 Å². The molecular formula is C20H21ClF2O4. The number of ether oxygens (including phenoxy) is 1. The molecule has 0 amide bonds. The second kappa shape index (κ2) is 7.81. The topological polar surface area (TPSA) is 69.9 Å². The fourth-order valence-electron chi connectivity index (χ4n) is 3.14. The zero-order valence-electron chi connectivity index (χ0n) is 14.6. The lowest BCUT2D eigenvalue weighted by molar-refractivity contribution is -0.345. The summed E-state index contributed by atoms with van der Waals surface area (Å²) >= 11 is 6.26. The number of rotatable bonds is 4. The third kappa shape index (κ3) is 4.00. The van der Waals surface area contributed by atoms with Gasteiger partial charge in [0, 0.05) is 5.02 Å². The third-order valence-corrected chi connectivity index (χ3v) is 5.23. The summed E-state index contributed by atoms with van der Waals surface area (Å²) in [4.78, 5) is 0. The van der Waals surface area contributed by atoms with E-state index in [9.17, 15) is 24.1 Å². The second-order valence-electron chi connectivity index (χ2n) is 6.72. The molecule has 7 heteroatoms. The Morgan fingerprint density at radius 3 is 2.30 bits per heavy atom. The number of alkyl halides is 2. The quantitative estimate of drug-likeness (QED) is 0.739. The number of benzene rings is 2. The zero-order valence-corrected chi connectivity index (χ0v) is 15.4. The molecule has 1 aliphatic rings. The van der Waals surface area contributed by atoms with Gasteiger partial charge in [-0.25, -0.2) is 0 Å². The highest BCUT2D eigenvalue weighted by atomic mass is 35.5. The molecular weight excluding hydrogens is 378 g/mol. The first-order valence-electron chi connectivity index (χ1n) is 8.67. The average Bonchev–Trinajstić information content (AvgIpc) is 2.66. The van der Waals surface area contributed by atoms with Crippen molar-refractivity contribution in [2.45, 2.75) is 50.3 Å². The van der Waals surface area contributed by atoms with Gasteiger partial charge in [-0.05, 0) is 41.2 Å². The summed E-state index contributed by atoms with van der Waals surface area (Å²) < 4.78 is 32.1. The van der Waals surface area contributed by atoms with Crippen molar-refractivity contribution in [2.75, 3.05) is 0 Å². The second-order valence-corrected chi connectivity index (χ2v) is 7.12. The molecule has 27 heavy (non-hydrogen) atoms. The van der Waals surface area contributed by atoms with Crippen molar-refractivity contribution in [1.82, 2.24) is 0 Å². The van der Waals surface area contributed by atoms with Crippen LogP contribution < -0.4 is 0 Å². The van der Waals surface area contributed by atoms with Crippen LogP contribution in [0.4, 0.5) is 8.78 Å². The Hall–Kier alpha value is -1.57. The SMILES string of the molecule is CCc1ccc(Cc2cc([C@@H]3O[C@H](O)C(F)(F)[C@H](O)[C@H]3O)ccc2Cl)cc1. The highest BCUT2D eigenvalue weighted by Gasteiger charge is 2.57. The average molecular weight is 399 g/mol. The van der Waals surface area contributed by atoms with Crippen molar-refractivity contribution in [3.8, 4) is 0 Å².